The average Bonchev–Trinajstić information content (AvgIpc) is 2.16. The van der Waals surface area contributed by atoms with Crippen LogP contribution in [-0.4, -0.2) is 16.1 Å². The van der Waals surface area contributed by atoms with Crippen LogP contribution in [0.1, 0.15) is 12.0 Å². The number of hydrogen-bond acceptors (Lipinski definition) is 2. The molecule has 0 radical (unpaired) electrons. The van der Waals surface area contributed by atoms with Crippen LogP contribution in [0.4, 0.5) is 0 Å². The molecule has 12 heavy (non-hydrogen) atoms. The highest BCUT2D eigenvalue weighted by atomic mass is 79.9. The van der Waals surface area contributed by atoms with Crippen molar-refractivity contribution in [3.8, 4) is 0 Å². The Morgan fingerprint density at radius 2 is 2.50 bits per heavy atom. The van der Waals surface area contributed by atoms with Crippen LogP contribution in [-0.2, 0) is 11.2 Å². The van der Waals surface area contributed by atoms with Crippen LogP contribution in [0.3, 0.4) is 0 Å². The first kappa shape index (κ1) is 9.39. The normalized spacial score (nSPS) is 12.4. The quantitative estimate of drug-likeness (QED) is 0.582. The Bertz CT molecular complexity index is 238. The number of aldehydes is 1. The number of alkyl halides is 1. The molecule has 64 valence electrons. The Labute approximate surface area is 80.1 Å². The number of rotatable bonds is 4. The molecule has 0 spiro atoms. The van der Waals surface area contributed by atoms with Crippen LogP contribution in [0.25, 0.3) is 0 Å². The van der Waals surface area contributed by atoms with Crippen molar-refractivity contribution in [2.75, 3.05) is 0 Å². The van der Waals surface area contributed by atoms with Crippen LogP contribution >= 0.6 is 15.9 Å². The molecule has 1 aromatic rings. The van der Waals surface area contributed by atoms with E-state index < -0.39 is 0 Å². The molecular weight excluding hydrogens is 218 g/mol. The average molecular weight is 228 g/mol. The second-order valence-corrected chi connectivity index (χ2v) is 3.73. The van der Waals surface area contributed by atoms with E-state index in [0.29, 0.717) is 0 Å². The molecule has 0 amide bonds. The molecule has 0 aromatic carbocycles. The molecular formula is C9H10BrNO. The molecule has 0 bridgehead atoms. The number of hydrogen-bond donors (Lipinski definition) is 0. The molecule has 0 aliphatic carbocycles. The lowest BCUT2D eigenvalue weighted by Crippen LogP contribution is -2.00. The highest BCUT2D eigenvalue weighted by molar-refractivity contribution is 9.09. The summed E-state index contributed by atoms with van der Waals surface area (Å²) in [7, 11) is 0. The van der Waals surface area contributed by atoms with E-state index in [1.807, 2.05) is 18.3 Å². The minimum atomic E-state index is -0.0299. The summed E-state index contributed by atoms with van der Waals surface area (Å²) in [6.45, 7) is 0. The Hall–Kier alpha value is -0.700. The van der Waals surface area contributed by atoms with Crippen LogP contribution in [0, 0.1) is 0 Å². The lowest BCUT2D eigenvalue weighted by Gasteiger charge is -2.00. The number of pyridine rings is 1. The summed E-state index contributed by atoms with van der Waals surface area (Å²) >= 11 is 3.25. The molecule has 2 nitrogen and oxygen atoms in total. The van der Waals surface area contributed by atoms with E-state index >= 15 is 0 Å². The van der Waals surface area contributed by atoms with E-state index in [-0.39, 0.29) is 4.83 Å². The van der Waals surface area contributed by atoms with Gasteiger partial charge in [0.25, 0.3) is 0 Å². The summed E-state index contributed by atoms with van der Waals surface area (Å²) in [5, 5.41) is 0. The molecule has 3 heteroatoms. The van der Waals surface area contributed by atoms with Gasteiger partial charge in [-0.3, -0.25) is 4.98 Å². The molecule has 1 atom stereocenters. The Morgan fingerprint density at radius 3 is 3.08 bits per heavy atom. The number of halogens is 1. The molecule has 1 heterocycles. The number of aryl methyl sites for hydroxylation is 1. The molecule has 0 aliphatic rings. The molecule has 1 rings (SSSR count). The molecule has 0 fully saturated rings. The van der Waals surface area contributed by atoms with Crippen molar-refractivity contribution in [2.24, 2.45) is 0 Å². The van der Waals surface area contributed by atoms with Gasteiger partial charge in [0.1, 0.15) is 6.29 Å². The van der Waals surface area contributed by atoms with Crippen LogP contribution in [0.5, 0.6) is 0 Å². The van der Waals surface area contributed by atoms with Crippen molar-refractivity contribution in [3.63, 3.8) is 0 Å². The highest BCUT2D eigenvalue weighted by Crippen LogP contribution is 2.07. The monoisotopic (exact) mass is 227 g/mol. The highest BCUT2D eigenvalue weighted by Gasteiger charge is 2.01. The van der Waals surface area contributed by atoms with E-state index in [1.165, 1.54) is 5.56 Å². The van der Waals surface area contributed by atoms with Crippen molar-refractivity contribution in [1.29, 1.82) is 0 Å². The molecule has 1 unspecified atom stereocenters. The maximum absolute atomic E-state index is 10.3. The molecule has 0 aliphatic heterocycles. The van der Waals surface area contributed by atoms with E-state index in [2.05, 4.69) is 20.9 Å². The van der Waals surface area contributed by atoms with E-state index in [4.69, 9.17) is 0 Å². The number of nitrogens with zero attached hydrogens (tertiary/aromatic N) is 1. The maximum atomic E-state index is 10.3. The number of carbonyl (C=O) groups excluding carboxylic acids is 1. The first-order chi connectivity index (χ1) is 5.83. The minimum absolute atomic E-state index is 0.0299. The van der Waals surface area contributed by atoms with Gasteiger partial charge in [0.15, 0.2) is 0 Å². The molecule has 0 saturated heterocycles. The zero-order valence-corrected chi connectivity index (χ0v) is 8.20. The van der Waals surface area contributed by atoms with Crippen molar-refractivity contribution in [3.05, 3.63) is 30.1 Å². The lowest BCUT2D eigenvalue weighted by molar-refractivity contribution is -0.107. The fourth-order valence-corrected chi connectivity index (χ4v) is 1.15. The zero-order chi connectivity index (χ0) is 8.81. The second-order valence-electron chi connectivity index (χ2n) is 2.55. The third-order valence-corrected chi connectivity index (χ3v) is 2.25. The van der Waals surface area contributed by atoms with Crippen molar-refractivity contribution in [2.45, 2.75) is 17.7 Å². The predicted octanol–water partition coefficient (Wildman–Crippen LogP) is 1.98. The zero-order valence-electron chi connectivity index (χ0n) is 6.61. The van der Waals surface area contributed by atoms with Crippen molar-refractivity contribution < 1.29 is 4.79 Å². The van der Waals surface area contributed by atoms with Gasteiger partial charge in [-0.2, -0.15) is 0 Å². The van der Waals surface area contributed by atoms with Gasteiger partial charge in [-0.1, -0.05) is 22.0 Å². The van der Waals surface area contributed by atoms with E-state index in [9.17, 15) is 4.79 Å². The first-order valence-corrected chi connectivity index (χ1v) is 4.73. The minimum Gasteiger partial charge on any atom is -0.302 e. The van der Waals surface area contributed by atoms with Gasteiger partial charge in [0.2, 0.25) is 0 Å². The largest absolute Gasteiger partial charge is 0.302 e. The number of aromatic nitrogens is 1. The smallest absolute Gasteiger partial charge is 0.133 e. The van der Waals surface area contributed by atoms with Crippen LogP contribution in [0.15, 0.2) is 24.5 Å². The summed E-state index contributed by atoms with van der Waals surface area (Å²) in [4.78, 5) is 14.2. The third kappa shape index (κ3) is 3.13. The van der Waals surface area contributed by atoms with Crippen LogP contribution < -0.4 is 0 Å². The van der Waals surface area contributed by atoms with Gasteiger partial charge in [-0.05, 0) is 24.5 Å². The Kier molecular flexibility index (Phi) is 3.94. The summed E-state index contributed by atoms with van der Waals surface area (Å²) in [5.41, 5.74) is 1.17. The van der Waals surface area contributed by atoms with Crippen LogP contribution in [0.2, 0.25) is 0 Å². The molecule has 0 N–H and O–H groups in total. The van der Waals surface area contributed by atoms with Gasteiger partial charge in [0.05, 0.1) is 4.83 Å². The third-order valence-electron chi connectivity index (χ3n) is 1.58. The van der Waals surface area contributed by atoms with Gasteiger partial charge < -0.3 is 4.79 Å². The lowest BCUT2D eigenvalue weighted by atomic mass is 10.1. The summed E-state index contributed by atoms with van der Waals surface area (Å²) in [6.07, 6.45) is 6.20. The number of carbonyl (C=O) groups is 1. The predicted molar refractivity (Wildman–Crippen MR) is 51.3 cm³/mol. The SMILES string of the molecule is O=CC(Br)CCc1cccnc1. The Morgan fingerprint density at radius 1 is 1.67 bits per heavy atom. The van der Waals surface area contributed by atoms with Gasteiger partial charge in [0, 0.05) is 12.4 Å². The molecule has 0 saturated carbocycles. The van der Waals surface area contributed by atoms with Gasteiger partial charge >= 0.3 is 0 Å². The maximum Gasteiger partial charge on any atom is 0.133 e. The van der Waals surface area contributed by atoms with Crippen molar-refractivity contribution >= 4 is 22.2 Å². The second kappa shape index (κ2) is 5.04. The Balaban J connectivity index is 2.38. The first-order valence-electron chi connectivity index (χ1n) is 3.81. The van der Waals surface area contributed by atoms with Crippen molar-refractivity contribution in [1.82, 2.24) is 4.98 Å². The van der Waals surface area contributed by atoms with E-state index in [0.717, 1.165) is 19.1 Å². The standard InChI is InChI=1S/C9H10BrNO/c10-9(7-12)4-3-8-2-1-5-11-6-8/h1-2,5-7,9H,3-4H2. The fourth-order valence-electron chi connectivity index (χ4n) is 0.919. The van der Waals surface area contributed by atoms with Gasteiger partial charge in [-0.15, -0.1) is 0 Å². The summed E-state index contributed by atoms with van der Waals surface area (Å²) in [5.74, 6) is 0. The summed E-state index contributed by atoms with van der Waals surface area (Å²) in [6, 6.07) is 3.91. The summed E-state index contributed by atoms with van der Waals surface area (Å²) < 4.78 is 0. The fraction of sp³-hybridized carbons (Fsp3) is 0.333. The van der Waals surface area contributed by atoms with Gasteiger partial charge in [-0.25, -0.2) is 0 Å². The molecule has 1 aromatic heterocycles. The topological polar surface area (TPSA) is 30.0 Å². The van der Waals surface area contributed by atoms with E-state index in [1.54, 1.807) is 6.20 Å².